The zero-order valence-corrected chi connectivity index (χ0v) is 14.2. The number of fused-ring (bicyclic) bond motifs is 1. The van der Waals surface area contributed by atoms with Crippen molar-refractivity contribution in [3.63, 3.8) is 0 Å². The monoisotopic (exact) mass is 304 g/mol. The van der Waals surface area contributed by atoms with Crippen LogP contribution in [0.25, 0.3) is 10.9 Å². The molecular formula is C21H24N2. The molecule has 3 rings (SSSR count). The minimum Gasteiger partial charge on any atom is -0.241 e. The lowest BCUT2D eigenvalue weighted by atomic mass is 9.86. The minimum atomic E-state index is 0.221. The number of aromatic nitrogens is 2. The van der Waals surface area contributed by atoms with E-state index in [2.05, 4.69) is 67.1 Å². The summed E-state index contributed by atoms with van der Waals surface area (Å²) in [4.78, 5) is 8.80. The summed E-state index contributed by atoms with van der Waals surface area (Å²) in [5.41, 5.74) is 5.20. The van der Waals surface area contributed by atoms with Crippen LogP contribution in [0.2, 0.25) is 0 Å². The number of benzene rings is 2. The van der Waals surface area contributed by atoms with Crippen LogP contribution in [0.15, 0.2) is 54.9 Å². The van der Waals surface area contributed by atoms with Crippen LogP contribution in [0.5, 0.6) is 0 Å². The van der Waals surface area contributed by atoms with Gasteiger partial charge >= 0.3 is 0 Å². The van der Waals surface area contributed by atoms with Crippen LogP contribution in [0.4, 0.5) is 0 Å². The molecule has 0 aliphatic carbocycles. The molecule has 1 aromatic heterocycles. The van der Waals surface area contributed by atoms with Crippen LogP contribution < -0.4 is 0 Å². The number of nitrogens with zero attached hydrogens (tertiary/aromatic N) is 2. The molecular weight excluding hydrogens is 280 g/mol. The van der Waals surface area contributed by atoms with Crippen LogP contribution in [0.3, 0.4) is 0 Å². The highest BCUT2D eigenvalue weighted by molar-refractivity contribution is 5.80. The maximum absolute atomic E-state index is 4.47. The van der Waals surface area contributed by atoms with Crippen molar-refractivity contribution in [3.05, 3.63) is 71.7 Å². The lowest BCUT2D eigenvalue weighted by molar-refractivity contribution is 0.590. The Balaban J connectivity index is 1.65. The van der Waals surface area contributed by atoms with Gasteiger partial charge in [-0.3, -0.25) is 0 Å². The summed E-state index contributed by atoms with van der Waals surface area (Å²) in [6.45, 7) is 6.76. The predicted octanol–water partition coefficient (Wildman–Crippen LogP) is 5.10. The van der Waals surface area contributed by atoms with Crippen molar-refractivity contribution in [2.75, 3.05) is 0 Å². The molecule has 2 heteroatoms. The van der Waals surface area contributed by atoms with Crippen molar-refractivity contribution in [2.24, 2.45) is 0 Å². The number of hydrogen-bond acceptors (Lipinski definition) is 2. The normalized spacial score (nSPS) is 11.8. The fourth-order valence-electron chi connectivity index (χ4n) is 2.89. The quantitative estimate of drug-likeness (QED) is 0.670. The van der Waals surface area contributed by atoms with Gasteiger partial charge in [-0.05, 0) is 41.9 Å². The van der Waals surface area contributed by atoms with E-state index in [1.54, 1.807) is 6.33 Å². The Labute approximate surface area is 138 Å². The number of rotatable bonds is 4. The SMILES string of the molecule is CC(C)(C)c1ccc(CCCc2ncnc3ccccc23)cc1. The molecule has 0 spiro atoms. The predicted molar refractivity (Wildman–Crippen MR) is 96.7 cm³/mol. The van der Waals surface area contributed by atoms with Crippen LogP contribution >= 0.6 is 0 Å². The topological polar surface area (TPSA) is 25.8 Å². The standard InChI is InChI=1S/C21H24N2/c1-21(2,3)17-13-11-16(12-14-17)7-6-10-20-18-8-4-5-9-19(18)22-15-23-20/h4-5,8-9,11-15H,6-7,10H2,1-3H3. The summed E-state index contributed by atoms with van der Waals surface area (Å²) in [5, 5.41) is 1.18. The molecule has 0 unspecified atom stereocenters. The van der Waals surface area contributed by atoms with Gasteiger partial charge in [-0.25, -0.2) is 9.97 Å². The van der Waals surface area contributed by atoms with E-state index in [1.165, 1.54) is 16.5 Å². The zero-order valence-electron chi connectivity index (χ0n) is 14.2. The van der Waals surface area contributed by atoms with E-state index in [0.717, 1.165) is 30.5 Å². The van der Waals surface area contributed by atoms with Crippen molar-refractivity contribution in [1.29, 1.82) is 0 Å². The fraction of sp³-hybridized carbons (Fsp3) is 0.333. The van der Waals surface area contributed by atoms with Crippen molar-refractivity contribution in [3.8, 4) is 0 Å². The van der Waals surface area contributed by atoms with E-state index in [4.69, 9.17) is 0 Å². The molecule has 0 aliphatic heterocycles. The molecule has 0 N–H and O–H groups in total. The molecule has 23 heavy (non-hydrogen) atoms. The van der Waals surface area contributed by atoms with Gasteiger partial charge in [0.2, 0.25) is 0 Å². The molecule has 118 valence electrons. The average molecular weight is 304 g/mol. The molecule has 3 aromatic rings. The van der Waals surface area contributed by atoms with E-state index in [-0.39, 0.29) is 5.41 Å². The lowest BCUT2D eigenvalue weighted by Crippen LogP contribution is -2.10. The molecule has 1 heterocycles. The first-order chi connectivity index (χ1) is 11.0. The Morgan fingerprint density at radius 1 is 0.826 bits per heavy atom. The Morgan fingerprint density at radius 3 is 2.30 bits per heavy atom. The van der Waals surface area contributed by atoms with Gasteiger partial charge in [0.1, 0.15) is 6.33 Å². The summed E-state index contributed by atoms with van der Waals surface area (Å²) >= 11 is 0. The number of aryl methyl sites for hydroxylation is 2. The second kappa shape index (κ2) is 6.49. The smallest absolute Gasteiger partial charge is 0.116 e. The molecule has 0 radical (unpaired) electrons. The Kier molecular flexibility index (Phi) is 4.42. The van der Waals surface area contributed by atoms with Crippen LogP contribution in [-0.2, 0) is 18.3 Å². The molecule has 0 amide bonds. The number of hydrogen-bond donors (Lipinski definition) is 0. The van der Waals surface area contributed by atoms with Gasteiger partial charge in [-0.1, -0.05) is 63.2 Å². The van der Waals surface area contributed by atoms with Gasteiger partial charge in [0.15, 0.2) is 0 Å². The molecule has 0 aliphatic rings. The maximum Gasteiger partial charge on any atom is 0.116 e. The van der Waals surface area contributed by atoms with E-state index in [0.29, 0.717) is 0 Å². The van der Waals surface area contributed by atoms with Crippen molar-refractivity contribution in [1.82, 2.24) is 9.97 Å². The third kappa shape index (κ3) is 3.76. The van der Waals surface area contributed by atoms with Gasteiger partial charge in [0.25, 0.3) is 0 Å². The van der Waals surface area contributed by atoms with Gasteiger partial charge in [0.05, 0.1) is 11.2 Å². The minimum absolute atomic E-state index is 0.221. The first kappa shape index (κ1) is 15.7. The molecule has 2 aromatic carbocycles. The van der Waals surface area contributed by atoms with Gasteiger partial charge in [-0.2, -0.15) is 0 Å². The van der Waals surface area contributed by atoms with E-state index in [9.17, 15) is 0 Å². The third-order valence-corrected chi connectivity index (χ3v) is 4.32. The molecule has 2 nitrogen and oxygen atoms in total. The molecule has 0 bridgehead atoms. The summed E-state index contributed by atoms with van der Waals surface area (Å²) in [6.07, 6.45) is 4.86. The molecule has 0 saturated carbocycles. The van der Waals surface area contributed by atoms with Crippen molar-refractivity contribution in [2.45, 2.75) is 45.4 Å². The fourth-order valence-corrected chi connectivity index (χ4v) is 2.89. The molecule has 0 fully saturated rings. The maximum atomic E-state index is 4.47. The second-order valence-corrected chi connectivity index (χ2v) is 7.14. The van der Waals surface area contributed by atoms with E-state index >= 15 is 0 Å². The van der Waals surface area contributed by atoms with Crippen LogP contribution in [-0.4, -0.2) is 9.97 Å². The Bertz CT molecular complexity index is 778. The van der Waals surface area contributed by atoms with E-state index < -0.39 is 0 Å². The largest absolute Gasteiger partial charge is 0.241 e. The average Bonchev–Trinajstić information content (AvgIpc) is 2.55. The first-order valence-corrected chi connectivity index (χ1v) is 8.32. The summed E-state index contributed by atoms with van der Waals surface area (Å²) in [5.74, 6) is 0. The highest BCUT2D eigenvalue weighted by atomic mass is 14.8. The first-order valence-electron chi connectivity index (χ1n) is 8.32. The second-order valence-electron chi connectivity index (χ2n) is 7.14. The van der Waals surface area contributed by atoms with Crippen molar-refractivity contribution >= 4 is 10.9 Å². The van der Waals surface area contributed by atoms with Crippen molar-refractivity contribution < 1.29 is 0 Å². The summed E-state index contributed by atoms with van der Waals surface area (Å²) < 4.78 is 0. The highest BCUT2D eigenvalue weighted by Crippen LogP contribution is 2.23. The van der Waals surface area contributed by atoms with Gasteiger partial charge < -0.3 is 0 Å². The van der Waals surface area contributed by atoms with Gasteiger partial charge in [0, 0.05) is 5.39 Å². The molecule has 0 saturated heterocycles. The van der Waals surface area contributed by atoms with Crippen LogP contribution in [0, 0.1) is 0 Å². The third-order valence-electron chi connectivity index (χ3n) is 4.32. The van der Waals surface area contributed by atoms with Gasteiger partial charge in [-0.15, -0.1) is 0 Å². The zero-order chi connectivity index (χ0) is 16.3. The number of para-hydroxylation sites is 1. The van der Waals surface area contributed by atoms with Crippen LogP contribution in [0.1, 0.15) is 44.0 Å². The Morgan fingerprint density at radius 2 is 1.57 bits per heavy atom. The Hall–Kier alpha value is -2.22. The lowest BCUT2D eigenvalue weighted by Gasteiger charge is -2.19. The highest BCUT2D eigenvalue weighted by Gasteiger charge is 2.12. The summed E-state index contributed by atoms with van der Waals surface area (Å²) in [6, 6.07) is 17.3. The molecule has 0 atom stereocenters. The van der Waals surface area contributed by atoms with E-state index in [1.807, 2.05) is 12.1 Å². The summed E-state index contributed by atoms with van der Waals surface area (Å²) in [7, 11) is 0.